The van der Waals surface area contributed by atoms with E-state index in [2.05, 4.69) is 44.7 Å². The lowest BCUT2D eigenvalue weighted by Gasteiger charge is -2.30. The summed E-state index contributed by atoms with van der Waals surface area (Å²) in [4.78, 5) is 2.35. The summed E-state index contributed by atoms with van der Waals surface area (Å²) >= 11 is 0. The monoisotopic (exact) mass is 273 g/mol. The van der Waals surface area contributed by atoms with Crippen molar-refractivity contribution in [3.05, 3.63) is 23.8 Å². The van der Waals surface area contributed by atoms with E-state index >= 15 is 0 Å². The number of benzene rings is 1. The van der Waals surface area contributed by atoms with E-state index in [1.807, 2.05) is 19.1 Å². The molecule has 0 radical (unpaired) electrons. The molecule has 3 nitrogen and oxygen atoms in total. The highest BCUT2D eigenvalue weighted by Crippen LogP contribution is 2.28. The van der Waals surface area contributed by atoms with Gasteiger partial charge in [0.15, 0.2) is 0 Å². The van der Waals surface area contributed by atoms with Gasteiger partial charge in [0.25, 0.3) is 0 Å². The number of nitriles is 1. The SMILES string of the molecule is CC(C)CN(CC(C)C)c1ccc(C(C)C#N)cc1N. The minimum Gasteiger partial charge on any atom is -0.397 e. The number of hydrogen-bond acceptors (Lipinski definition) is 3. The van der Waals surface area contributed by atoms with Gasteiger partial charge in [-0.15, -0.1) is 0 Å². The largest absolute Gasteiger partial charge is 0.397 e. The molecule has 0 aliphatic heterocycles. The van der Waals surface area contributed by atoms with Crippen molar-refractivity contribution in [2.75, 3.05) is 23.7 Å². The molecule has 3 heteroatoms. The van der Waals surface area contributed by atoms with Gasteiger partial charge >= 0.3 is 0 Å². The van der Waals surface area contributed by atoms with E-state index in [1.165, 1.54) is 0 Å². The number of hydrogen-bond donors (Lipinski definition) is 1. The third-order valence-electron chi connectivity index (χ3n) is 3.26. The number of nitrogens with zero attached hydrogens (tertiary/aromatic N) is 2. The van der Waals surface area contributed by atoms with E-state index in [4.69, 9.17) is 11.0 Å². The molecule has 0 heterocycles. The van der Waals surface area contributed by atoms with Crippen molar-refractivity contribution >= 4 is 11.4 Å². The van der Waals surface area contributed by atoms with Crippen molar-refractivity contribution in [3.63, 3.8) is 0 Å². The van der Waals surface area contributed by atoms with Crippen molar-refractivity contribution in [2.24, 2.45) is 11.8 Å². The van der Waals surface area contributed by atoms with Crippen molar-refractivity contribution in [3.8, 4) is 6.07 Å². The van der Waals surface area contributed by atoms with Crippen LogP contribution in [0.25, 0.3) is 0 Å². The van der Waals surface area contributed by atoms with Gasteiger partial charge in [0.1, 0.15) is 0 Å². The Balaban J connectivity index is 3.05. The molecule has 110 valence electrons. The summed E-state index contributed by atoms with van der Waals surface area (Å²) in [5.74, 6) is 1.06. The average Bonchev–Trinajstić information content (AvgIpc) is 2.35. The molecule has 0 aliphatic carbocycles. The quantitative estimate of drug-likeness (QED) is 0.797. The maximum absolute atomic E-state index is 8.99. The van der Waals surface area contributed by atoms with Crippen LogP contribution in [0.3, 0.4) is 0 Å². The van der Waals surface area contributed by atoms with Crippen LogP contribution in [-0.2, 0) is 0 Å². The van der Waals surface area contributed by atoms with Crippen LogP contribution in [0.15, 0.2) is 18.2 Å². The van der Waals surface area contributed by atoms with Crippen LogP contribution >= 0.6 is 0 Å². The normalized spacial score (nSPS) is 12.5. The zero-order chi connectivity index (χ0) is 15.3. The summed E-state index contributed by atoms with van der Waals surface area (Å²) in [6.07, 6.45) is 0. The van der Waals surface area contributed by atoms with E-state index in [0.29, 0.717) is 11.8 Å². The molecular formula is C17H27N3. The highest BCUT2D eigenvalue weighted by molar-refractivity contribution is 5.69. The topological polar surface area (TPSA) is 53.0 Å². The van der Waals surface area contributed by atoms with Gasteiger partial charge in [-0.05, 0) is 36.5 Å². The van der Waals surface area contributed by atoms with E-state index in [-0.39, 0.29) is 5.92 Å². The summed E-state index contributed by atoms with van der Waals surface area (Å²) in [5.41, 5.74) is 9.06. The lowest BCUT2D eigenvalue weighted by atomic mass is 10.0. The summed E-state index contributed by atoms with van der Waals surface area (Å²) in [6, 6.07) is 8.27. The van der Waals surface area contributed by atoms with Crippen molar-refractivity contribution in [1.82, 2.24) is 0 Å². The third-order valence-corrected chi connectivity index (χ3v) is 3.26. The fourth-order valence-electron chi connectivity index (χ4n) is 2.36. The van der Waals surface area contributed by atoms with Crippen LogP contribution in [0.5, 0.6) is 0 Å². The molecule has 0 aliphatic rings. The molecule has 2 N–H and O–H groups in total. The molecule has 0 saturated heterocycles. The molecule has 1 atom stereocenters. The van der Waals surface area contributed by atoms with E-state index < -0.39 is 0 Å². The smallest absolute Gasteiger partial charge is 0.0700 e. The first-order chi connectivity index (χ1) is 9.35. The highest BCUT2D eigenvalue weighted by Gasteiger charge is 2.14. The zero-order valence-corrected chi connectivity index (χ0v) is 13.4. The molecule has 0 amide bonds. The fraction of sp³-hybridized carbons (Fsp3) is 0.588. The molecule has 20 heavy (non-hydrogen) atoms. The fourth-order valence-corrected chi connectivity index (χ4v) is 2.36. The molecular weight excluding hydrogens is 246 g/mol. The van der Waals surface area contributed by atoms with Gasteiger partial charge in [0.05, 0.1) is 23.4 Å². The number of nitrogen functional groups attached to an aromatic ring is 1. The van der Waals surface area contributed by atoms with E-state index in [9.17, 15) is 0 Å². The Labute approximate surface area is 123 Å². The molecule has 0 bridgehead atoms. The summed E-state index contributed by atoms with van der Waals surface area (Å²) in [6.45, 7) is 12.8. The summed E-state index contributed by atoms with van der Waals surface area (Å²) in [7, 11) is 0. The molecule has 0 saturated carbocycles. The van der Waals surface area contributed by atoms with Gasteiger partial charge in [0, 0.05) is 13.1 Å². The first-order valence-electron chi connectivity index (χ1n) is 7.39. The third kappa shape index (κ3) is 4.45. The van der Waals surface area contributed by atoms with Gasteiger partial charge < -0.3 is 10.6 Å². The number of nitrogens with two attached hydrogens (primary N) is 1. The van der Waals surface area contributed by atoms with Gasteiger partial charge in [-0.1, -0.05) is 33.8 Å². The zero-order valence-electron chi connectivity index (χ0n) is 13.4. The second-order valence-corrected chi connectivity index (χ2v) is 6.36. The van der Waals surface area contributed by atoms with Gasteiger partial charge in [-0.2, -0.15) is 5.26 Å². The van der Waals surface area contributed by atoms with Crippen LogP contribution in [0.2, 0.25) is 0 Å². The van der Waals surface area contributed by atoms with Crippen LogP contribution < -0.4 is 10.6 Å². The standard InChI is InChI=1S/C17H27N3/c1-12(2)10-20(11-13(3)4)17-7-6-15(8-16(17)19)14(5)9-18/h6-8,12-14H,10-11,19H2,1-5H3. The molecule has 1 unspecified atom stereocenters. The molecule has 1 aromatic carbocycles. The first-order valence-corrected chi connectivity index (χ1v) is 7.39. The van der Waals surface area contributed by atoms with E-state index in [1.54, 1.807) is 0 Å². The molecule has 0 fully saturated rings. The molecule has 1 rings (SSSR count). The minimum absolute atomic E-state index is 0.116. The van der Waals surface area contributed by atoms with Crippen LogP contribution in [-0.4, -0.2) is 13.1 Å². The van der Waals surface area contributed by atoms with E-state index in [0.717, 1.165) is 30.0 Å². The van der Waals surface area contributed by atoms with Gasteiger partial charge in [-0.3, -0.25) is 0 Å². The lowest BCUT2D eigenvalue weighted by Crippen LogP contribution is -2.31. The Bertz CT molecular complexity index is 462. The highest BCUT2D eigenvalue weighted by atomic mass is 15.1. The van der Waals surface area contributed by atoms with Gasteiger partial charge in [-0.25, -0.2) is 0 Å². The second kappa shape index (κ2) is 7.19. The Morgan fingerprint density at radius 3 is 2.05 bits per heavy atom. The summed E-state index contributed by atoms with van der Waals surface area (Å²) < 4.78 is 0. The van der Waals surface area contributed by atoms with Gasteiger partial charge in [0.2, 0.25) is 0 Å². The summed E-state index contributed by atoms with van der Waals surface area (Å²) in [5, 5.41) is 8.99. The Morgan fingerprint density at radius 2 is 1.65 bits per heavy atom. The van der Waals surface area contributed by atoms with Crippen molar-refractivity contribution < 1.29 is 0 Å². The first kappa shape index (κ1) is 16.4. The number of anilines is 2. The number of rotatable bonds is 6. The maximum atomic E-state index is 8.99. The van der Waals surface area contributed by atoms with Crippen LogP contribution in [0.4, 0.5) is 11.4 Å². The maximum Gasteiger partial charge on any atom is 0.0700 e. The molecule has 0 spiro atoms. The van der Waals surface area contributed by atoms with Crippen molar-refractivity contribution in [2.45, 2.75) is 40.5 Å². The second-order valence-electron chi connectivity index (χ2n) is 6.36. The van der Waals surface area contributed by atoms with Crippen LogP contribution in [0.1, 0.15) is 46.1 Å². The Hall–Kier alpha value is -1.69. The lowest BCUT2D eigenvalue weighted by molar-refractivity contribution is 0.553. The van der Waals surface area contributed by atoms with Crippen molar-refractivity contribution in [1.29, 1.82) is 5.26 Å². The predicted molar refractivity (Wildman–Crippen MR) is 86.8 cm³/mol. The Morgan fingerprint density at radius 1 is 1.10 bits per heavy atom. The molecule has 1 aromatic rings. The Kier molecular flexibility index (Phi) is 5.88. The molecule has 0 aromatic heterocycles. The minimum atomic E-state index is -0.116. The average molecular weight is 273 g/mol. The van der Waals surface area contributed by atoms with Crippen LogP contribution in [0, 0.1) is 23.2 Å². The predicted octanol–water partition coefficient (Wildman–Crippen LogP) is 4.01.